The van der Waals surface area contributed by atoms with Crippen LogP contribution in [0.1, 0.15) is 48.7 Å². The van der Waals surface area contributed by atoms with Crippen molar-refractivity contribution in [3.8, 4) is 6.07 Å². The summed E-state index contributed by atoms with van der Waals surface area (Å²) >= 11 is 0. The molecule has 1 aromatic carbocycles. The first-order valence-corrected chi connectivity index (χ1v) is 10.9. The molecule has 1 aliphatic rings. The number of nitriles is 1. The molecule has 2 heterocycles. The summed E-state index contributed by atoms with van der Waals surface area (Å²) in [5, 5.41) is 16.8. The van der Waals surface area contributed by atoms with Gasteiger partial charge in [-0.25, -0.2) is 0 Å². The number of benzene rings is 1. The third-order valence-electron chi connectivity index (χ3n) is 6.44. The Morgan fingerprint density at radius 2 is 1.97 bits per heavy atom. The normalized spacial score (nSPS) is 20.2. The molecular formula is C25H27N5O2. The van der Waals surface area contributed by atoms with Gasteiger partial charge in [0.2, 0.25) is 5.91 Å². The summed E-state index contributed by atoms with van der Waals surface area (Å²) in [6.07, 6.45) is 6.47. The summed E-state index contributed by atoms with van der Waals surface area (Å²) in [4.78, 5) is 30.4. The molecule has 3 atom stereocenters. The largest absolute Gasteiger partial charge is 0.347 e. The van der Waals surface area contributed by atoms with Gasteiger partial charge in [-0.15, -0.1) is 0 Å². The lowest BCUT2D eigenvalue weighted by Gasteiger charge is -2.33. The van der Waals surface area contributed by atoms with Crippen molar-refractivity contribution in [1.82, 2.24) is 20.2 Å². The number of fused-ring (bicyclic) bond motifs is 1. The number of hydrogen-bond donors (Lipinski definition) is 2. The molecule has 3 aromatic rings. The smallest absolute Gasteiger partial charge is 0.268 e. The number of carbonyl (C=O) groups is 2. The van der Waals surface area contributed by atoms with E-state index in [1.807, 2.05) is 41.9 Å². The lowest BCUT2D eigenvalue weighted by molar-refractivity contribution is -0.128. The summed E-state index contributed by atoms with van der Waals surface area (Å²) in [7, 11) is 1.87. The fourth-order valence-corrected chi connectivity index (χ4v) is 4.53. The van der Waals surface area contributed by atoms with Crippen LogP contribution in [0.4, 0.5) is 0 Å². The van der Waals surface area contributed by atoms with Gasteiger partial charge in [-0.3, -0.25) is 14.6 Å². The van der Waals surface area contributed by atoms with Crippen LogP contribution in [0.25, 0.3) is 10.9 Å². The second kappa shape index (κ2) is 8.83. The highest BCUT2D eigenvalue weighted by Gasteiger charge is 2.37. The molecule has 0 bridgehead atoms. The highest BCUT2D eigenvalue weighted by molar-refractivity contribution is 5.99. The maximum Gasteiger partial charge on any atom is 0.268 e. The van der Waals surface area contributed by atoms with Crippen molar-refractivity contribution in [3.63, 3.8) is 0 Å². The number of nitrogens with zero attached hydrogens (tertiary/aromatic N) is 3. The maximum absolute atomic E-state index is 13.2. The molecule has 4 rings (SSSR count). The SMILES string of the molecule is Cn1c(C(=O)N[C@H]2CCCC[C@H]2C(=O)NC(C)(C#N)c2cccnc2)cc2ccccc21. The number of aryl methyl sites for hydroxylation is 1. The van der Waals surface area contributed by atoms with E-state index in [-0.39, 0.29) is 17.9 Å². The molecule has 2 aromatic heterocycles. The Kier molecular flexibility index (Phi) is 5.95. The van der Waals surface area contributed by atoms with Crippen molar-refractivity contribution in [2.75, 3.05) is 0 Å². The van der Waals surface area contributed by atoms with Crippen molar-refractivity contribution in [1.29, 1.82) is 5.26 Å². The summed E-state index contributed by atoms with van der Waals surface area (Å²) in [6, 6.07) is 15.1. The zero-order chi connectivity index (χ0) is 22.7. The van der Waals surface area contributed by atoms with Gasteiger partial charge in [-0.2, -0.15) is 5.26 Å². The fourth-order valence-electron chi connectivity index (χ4n) is 4.53. The van der Waals surface area contributed by atoms with E-state index in [9.17, 15) is 14.9 Å². The number of nitrogens with one attached hydrogen (secondary N) is 2. The highest BCUT2D eigenvalue weighted by Crippen LogP contribution is 2.28. The lowest BCUT2D eigenvalue weighted by Crippen LogP contribution is -2.52. The number of hydrogen-bond acceptors (Lipinski definition) is 4. The molecule has 1 aliphatic carbocycles. The standard InChI is InChI=1S/C25H27N5O2/c1-25(16-26,18-9-7-13-27-15-18)29-23(31)19-10-4-5-11-20(19)28-24(32)22-14-17-8-3-6-12-21(17)30(22)2/h3,6-9,12-15,19-20H,4-5,10-11H2,1-2H3,(H,28,32)(H,29,31)/t19-,20+,25?/m1/s1. The predicted molar refractivity (Wildman–Crippen MR) is 121 cm³/mol. The van der Waals surface area contributed by atoms with Crippen LogP contribution in [0.15, 0.2) is 54.9 Å². The van der Waals surface area contributed by atoms with Crippen molar-refractivity contribution in [3.05, 3.63) is 66.1 Å². The second-order valence-corrected chi connectivity index (χ2v) is 8.59. The van der Waals surface area contributed by atoms with Crippen LogP contribution in [-0.4, -0.2) is 27.4 Å². The Balaban J connectivity index is 1.52. The Bertz CT molecular complexity index is 1180. The van der Waals surface area contributed by atoms with E-state index >= 15 is 0 Å². The Morgan fingerprint density at radius 1 is 1.19 bits per heavy atom. The van der Waals surface area contributed by atoms with E-state index in [1.54, 1.807) is 31.5 Å². The van der Waals surface area contributed by atoms with Crippen molar-refractivity contribution >= 4 is 22.7 Å². The molecule has 0 saturated heterocycles. The molecule has 7 nitrogen and oxygen atoms in total. The molecule has 32 heavy (non-hydrogen) atoms. The van der Waals surface area contributed by atoms with Crippen LogP contribution in [0.3, 0.4) is 0 Å². The van der Waals surface area contributed by atoms with E-state index in [2.05, 4.69) is 21.7 Å². The third-order valence-corrected chi connectivity index (χ3v) is 6.44. The van der Waals surface area contributed by atoms with Crippen molar-refractivity contribution < 1.29 is 9.59 Å². The number of pyridine rings is 1. The van der Waals surface area contributed by atoms with Gasteiger partial charge in [0.1, 0.15) is 5.69 Å². The molecule has 164 valence electrons. The van der Waals surface area contributed by atoms with Gasteiger partial charge in [0.05, 0.1) is 12.0 Å². The van der Waals surface area contributed by atoms with Crippen LogP contribution in [-0.2, 0) is 17.4 Å². The minimum atomic E-state index is -1.19. The molecule has 0 aliphatic heterocycles. The van der Waals surface area contributed by atoms with E-state index in [0.717, 1.165) is 30.2 Å². The molecule has 2 N–H and O–H groups in total. The van der Waals surface area contributed by atoms with E-state index in [1.165, 1.54) is 0 Å². The minimum Gasteiger partial charge on any atom is -0.347 e. The van der Waals surface area contributed by atoms with E-state index in [4.69, 9.17) is 0 Å². The number of aromatic nitrogens is 2. The average Bonchev–Trinajstić information content (AvgIpc) is 3.16. The molecule has 2 amide bonds. The van der Waals surface area contributed by atoms with Crippen molar-refractivity contribution in [2.45, 2.75) is 44.2 Å². The number of carbonyl (C=O) groups excluding carboxylic acids is 2. The summed E-state index contributed by atoms with van der Waals surface area (Å²) in [5.41, 5.74) is 0.987. The summed E-state index contributed by atoms with van der Waals surface area (Å²) in [5.74, 6) is -0.810. The summed E-state index contributed by atoms with van der Waals surface area (Å²) in [6.45, 7) is 1.67. The number of para-hydroxylation sites is 1. The minimum absolute atomic E-state index is 0.191. The Hall–Kier alpha value is -3.66. The molecule has 1 saturated carbocycles. The lowest BCUT2D eigenvalue weighted by atomic mass is 9.82. The molecule has 1 unspecified atom stereocenters. The molecule has 1 fully saturated rings. The maximum atomic E-state index is 13.2. The van der Waals surface area contributed by atoms with Gasteiger partial charge < -0.3 is 15.2 Å². The predicted octanol–water partition coefficient (Wildman–Crippen LogP) is 3.42. The summed E-state index contributed by atoms with van der Waals surface area (Å²) < 4.78 is 1.87. The topological polar surface area (TPSA) is 99.8 Å². The first-order chi connectivity index (χ1) is 15.4. The molecular weight excluding hydrogens is 402 g/mol. The third kappa shape index (κ3) is 4.09. The Morgan fingerprint density at radius 3 is 2.69 bits per heavy atom. The van der Waals surface area contributed by atoms with Gasteiger partial charge in [-0.1, -0.05) is 37.1 Å². The van der Waals surface area contributed by atoms with Crippen LogP contribution in [0.5, 0.6) is 0 Å². The number of amides is 2. The fraction of sp³-hybridized carbons (Fsp3) is 0.360. The monoisotopic (exact) mass is 429 g/mol. The van der Waals surface area contributed by atoms with E-state index < -0.39 is 11.5 Å². The van der Waals surface area contributed by atoms with Crippen LogP contribution in [0.2, 0.25) is 0 Å². The first-order valence-electron chi connectivity index (χ1n) is 10.9. The molecule has 7 heteroatoms. The van der Waals surface area contributed by atoms with Gasteiger partial charge in [-0.05, 0) is 38.0 Å². The van der Waals surface area contributed by atoms with Gasteiger partial charge in [0, 0.05) is 41.9 Å². The Labute approximate surface area is 187 Å². The molecule has 0 spiro atoms. The van der Waals surface area contributed by atoms with Crippen molar-refractivity contribution in [2.24, 2.45) is 13.0 Å². The first kappa shape index (κ1) is 21.6. The average molecular weight is 430 g/mol. The van der Waals surface area contributed by atoms with Gasteiger partial charge in [0.25, 0.3) is 5.91 Å². The quantitative estimate of drug-likeness (QED) is 0.649. The second-order valence-electron chi connectivity index (χ2n) is 8.59. The number of rotatable bonds is 5. The van der Waals surface area contributed by atoms with Gasteiger partial charge >= 0.3 is 0 Å². The van der Waals surface area contributed by atoms with Crippen LogP contribution >= 0.6 is 0 Å². The highest BCUT2D eigenvalue weighted by atomic mass is 16.2. The zero-order valence-corrected chi connectivity index (χ0v) is 18.3. The molecule has 0 radical (unpaired) electrons. The van der Waals surface area contributed by atoms with Gasteiger partial charge in [0.15, 0.2) is 5.54 Å². The van der Waals surface area contributed by atoms with E-state index in [0.29, 0.717) is 17.7 Å². The van der Waals surface area contributed by atoms with Crippen LogP contribution < -0.4 is 10.6 Å². The van der Waals surface area contributed by atoms with Crippen LogP contribution in [0, 0.1) is 17.2 Å². The zero-order valence-electron chi connectivity index (χ0n) is 18.3.